The van der Waals surface area contributed by atoms with Gasteiger partial charge in [-0.25, -0.2) is 4.79 Å². The minimum atomic E-state index is -0.860. The molecule has 1 fully saturated rings. The Morgan fingerprint density at radius 1 is 1.30 bits per heavy atom. The number of urea groups is 1. The maximum Gasteiger partial charge on any atom is 0.314 e. The molecule has 20 heavy (non-hydrogen) atoms. The van der Waals surface area contributed by atoms with Gasteiger partial charge in [-0.1, -0.05) is 13.8 Å². The van der Waals surface area contributed by atoms with Gasteiger partial charge >= 0.3 is 12.0 Å². The van der Waals surface area contributed by atoms with Crippen LogP contribution in [0.5, 0.6) is 0 Å². The highest BCUT2D eigenvalue weighted by Gasteiger charge is 2.35. The topological polar surface area (TPSA) is 81.7 Å². The second-order valence-electron chi connectivity index (χ2n) is 5.63. The summed E-state index contributed by atoms with van der Waals surface area (Å²) >= 11 is 0. The van der Waals surface area contributed by atoms with Crippen LogP contribution in [0, 0.1) is 5.41 Å². The summed E-state index contributed by atoms with van der Waals surface area (Å²) in [6.45, 7) is 5.53. The third-order valence-electron chi connectivity index (χ3n) is 4.56. The molecule has 1 aliphatic heterocycles. The molecule has 6 nitrogen and oxygen atoms in total. The van der Waals surface area contributed by atoms with Crippen LogP contribution in [-0.2, 0) is 4.79 Å². The first kappa shape index (κ1) is 16.8. The van der Waals surface area contributed by atoms with E-state index in [1.54, 1.807) is 0 Å². The van der Waals surface area contributed by atoms with E-state index in [1.165, 1.54) is 0 Å². The van der Waals surface area contributed by atoms with E-state index in [1.807, 2.05) is 13.8 Å². The number of rotatable bonds is 7. The zero-order chi connectivity index (χ0) is 15.2. The number of carbonyl (C=O) groups is 2. The highest BCUT2D eigenvalue weighted by molar-refractivity contribution is 5.78. The van der Waals surface area contributed by atoms with Gasteiger partial charge in [-0.05, 0) is 39.3 Å². The SMILES string of the molecule is CCC(CC)(CNC(=O)NCC1CCCN1C)C(=O)O. The van der Waals surface area contributed by atoms with Gasteiger partial charge in [-0.2, -0.15) is 0 Å². The average Bonchev–Trinajstić information content (AvgIpc) is 2.83. The van der Waals surface area contributed by atoms with Crippen molar-refractivity contribution in [2.24, 2.45) is 5.41 Å². The van der Waals surface area contributed by atoms with Crippen molar-refractivity contribution in [2.45, 2.75) is 45.6 Å². The fourth-order valence-electron chi connectivity index (χ4n) is 2.64. The molecule has 0 aromatic heterocycles. The Bertz CT molecular complexity index is 343. The Morgan fingerprint density at radius 2 is 1.95 bits per heavy atom. The van der Waals surface area contributed by atoms with Crippen LogP contribution < -0.4 is 10.6 Å². The van der Waals surface area contributed by atoms with Crippen LogP contribution in [0.1, 0.15) is 39.5 Å². The standard InChI is InChI=1S/C14H27N3O3/c1-4-14(5-2,12(18)19)10-16-13(20)15-9-11-7-6-8-17(11)3/h11H,4-10H2,1-3H3,(H,18,19)(H2,15,16,20). The monoisotopic (exact) mass is 285 g/mol. The van der Waals surface area contributed by atoms with Gasteiger partial charge in [-0.3, -0.25) is 4.79 Å². The summed E-state index contributed by atoms with van der Waals surface area (Å²) in [6, 6.07) is 0.111. The fraction of sp³-hybridized carbons (Fsp3) is 0.857. The first-order chi connectivity index (χ1) is 9.45. The van der Waals surface area contributed by atoms with E-state index in [9.17, 15) is 14.7 Å². The number of nitrogens with zero attached hydrogens (tertiary/aromatic N) is 1. The zero-order valence-corrected chi connectivity index (χ0v) is 12.7. The van der Waals surface area contributed by atoms with Crippen LogP contribution in [0.15, 0.2) is 0 Å². The van der Waals surface area contributed by atoms with Gasteiger partial charge in [0.05, 0.1) is 5.41 Å². The molecule has 116 valence electrons. The molecule has 0 spiro atoms. The second-order valence-corrected chi connectivity index (χ2v) is 5.63. The van der Waals surface area contributed by atoms with Crippen molar-refractivity contribution in [3.05, 3.63) is 0 Å². The highest BCUT2D eigenvalue weighted by atomic mass is 16.4. The predicted molar refractivity (Wildman–Crippen MR) is 77.7 cm³/mol. The van der Waals surface area contributed by atoms with Crippen LogP contribution in [-0.4, -0.2) is 54.7 Å². The van der Waals surface area contributed by atoms with Crippen molar-refractivity contribution in [3.63, 3.8) is 0 Å². The maximum absolute atomic E-state index is 11.8. The van der Waals surface area contributed by atoms with Gasteiger partial charge in [0.25, 0.3) is 0 Å². The summed E-state index contributed by atoms with van der Waals surface area (Å²) in [6.07, 6.45) is 3.27. The fourth-order valence-corrected chi connectivity index (χ4v) is 2.64. The first-order valence-corrected chi connectivity index (χ1v) is 7.40. The molecule has 0 aromatic carbocycles. The van der Waals surface area contributed by atoms with Crippen molar-refractivity contribution >= 4 is 12.0 Å². The molecule has 2 amide bonds. The Labute approximate surface area is 120 Å². The van der Waals surface area contributed by atoms with E-state index in [0.29, 0.717) is 25.4 Å². The minimum absolute atomic E-state index is 0.168. The van der Waals surface area contributed by atoms with E-state index in [-0.39, 0.29) is 12.6 Å². The third kappa shape index (κ3) is 4.10. The average molecular weight is 285 g/mol. The number of likely N-dealkylation sites (N-methyl/N-ethyl adjacent to an activating group) is 1. The normalized spacial score (nSPS) is 19.9. The number of aliphatic carboxylic acids is 1. The molecule has 0 radical (unpaired) electrons. The zero-order valence-electron chi connectivity index (χ0n) is 12.7. The lowest BCUT2D eigenvalue weighted by atomic mass is 9.82. The first-order valence-electron chi connectivity index (χ1n) is 7.40. The van der Waals surface area contributed by atoms with Crippen LogP contribution in [0.2, 0.25) is 0 Å². The largest absolute Gasteiger partial charge is 0.481 e. The van der Waals surface area contributed by atoms with Gasteiger partial charge in [0.1, 0.15) is 0 Å². The number of likely N-dealkylation sites (tertiary alicyclic amines) is 1. The molecule has 3 N–H and O–H groups in total. The van der Waals surface area contributed by atoms with Gasteiger partial charge < -0.3 is 20.6 Å². The van der Waals surface area contributed by atoms with Gasteiger partial charge in [0.15, 0.2) is 0 Å². The number of carbonyl (C=O) groups excluding carboxylic acids is 1. The molecule has 1 rings (SSSR count). The summed E-state index contributed by atoms with van der Waals surface area (Å²) in [5.74, 6) is -0.849. The Morgan fingerprint density at radius 3 is 2.40 bits per heavy atom. The lowest BCUT2D eigenvalue weighted by molar-refractivity contribution is -0.149. The van der Waals surface area contributed by atoms with Crippen LogP contribution in [0.4, 0.5) is 4.79 Å². The van der Waals surface area contributed by atoms with Crippen molar-refractivity contribution in [3.8, 4) is 0 Å². The minimum Gasteiger partial charge on any atom is -0.481 e. The molecule has 0 bridgehead atoms. The van der Waals surface area contributed by atoms with Crippen molar-refractivity contribution < 1.29 is 14.7 Å². The Hall–Kier alpha value is -1.30. The van der Waals surface area contributed by atoms with E-state index >= 15 is 0 Å². The van der Waals surface area contributed by atoms with Crippen LogP contribution in [0.3, 0.4) is 0 Å². The maximum atomic E-state index is 11.8. The molecule has 0 aliphatic carbocycles. The summed E-state index contributed by atoms with van der Waals surface area (Å²) in [5, 5.41) is 14.8. The number of carboxylic acid groups (broad SMARTS) is 1. The molecule has 1 unspecified atom stereocenters. The molecular formula is C14H27N3O3. The Kier molecular flexibility index (Phi) is 6.26. The van der Waals surface area contributed by atoms with Gasteiger partial charge in [-0.15, -0.1) is 0 Å². The third-order valence-corrected chi connectivity index (χ3v) is 4.56. The van der Waals surface area contributed by atoms with E-state index in [4.69, 9.17) is 0 Å². The van der Waals surface area contributed by atoms with Crippen LogP contribution >= 0.6 is 0 Å². The number of hydrogen-bond donors (Lipinski definition) is 3. The van der Waals surface area contributed by atoms with Gasteiger partial charge in [0.2, 0.25) is 0 Å². The quantitative estimate of drug-likeness (QED) is 0.658. The van der Waals surface area contributed by atoms with Crippen molar-refractivity contribution in [1.82, 2.24) is 15.5 Å². The van der Waals surface area contributed by atoms with E-state index in [2.05, 4.69) is 22.6 Å². The highest BCUT2D eigenvalue weighted by Crippen LogP contribution is 2.25. The smallest absolute Gasteiger partial charge is 0.314 e. The Balaban J connectivity index is 2.36. The van der Waals surface area contributed by atoms with Crippen molar-refractivity contribution in [2.75, 3.05) is 26.7 Å². The summed E-state index contributed by atoms with van der Waals surface area (Å²) in [7, 11) is 2.06. The van der Waals surface area contributed by atoms with E-state index < -0.39 is 11.4 Å². The lowest BCUT2D eigenvalue weighted by Gasteiger charge is -2.27. The van der Waals surface area contributed by atoms with Crippen LogP contribution in [0.25, 0.3) is 0 Å². The number of nitrogens with one attached hydrogen (secondary N) is 2. The summed E-state index contributed by atoms with van der Waals surface area (Å²) < 4.78 is 0. The summed E-state index contributed by atoms with van der Waals surface area (Å²) in [5.41, 5.74) is -0.860. The summed E-state index contributed by atoms with van der Waals surface area (Å²) in [4.78, 5) is 25.3. The molecule has 1 aliphatic rings. The molecule has 6 heteroatoms. The van der Waals surface area contributed by atoms with Crippen molar-refractivity contribution in [1.29, 1.82) is 0 Å². The number of hydrogen-bond acceptors (Lipinski definition) is 3. The molecule has 1 atom stereocenters. The predicted octanol–water partition coefficient (Wildman–Crippen LogP) is 1.27. The van der Waals surface area contributed by atoms with E-state index in [0.717, 1.165) is 19.4 Å². The number of carboxylic acids is 1. The molecule has 1 heterocycles. The molecule has 1 saturated heterocycles. The number of amides is 2. The molecule has 0 aromatic rings. The molecular weight excluding hydrogens is 258 g/mol. The second kappa shape index (κ2) is 7.47. The van der Waals surface area contributed by atoms with Gasteiger partial charge in [0, 0.05) is 19.1 Å². The lowest BCUT2D eigenvalue weighted by Crippen LogP contribution is -2.48. The molecule has 0 saturated carbocycles.